The molecule has 1 amide bonds. The van der Waals surface area contributed by atoms with Crippen molar-refractivity contribution in [3.05, 3.63) is 53.3 Å². The van der Waals surface area contributed by atoms with Crippen molar-refractivity contribution in [2.24, 2.45) is 7.05 Å². The van der Waals surface area contributed by atoms with Gasteiger partial charge in [-0.1, -0.05) is 18.2 Å². The molecule has 7 heteroatoms. The minimum atomic E-state index is -0.671. The number of aromatic nitrogens is 3. The second-order valence-electron chi connectivity index (χ2n) is 6.35. The fourth-order valence-corrected chi connectivity index (χ4v) is 3.53. The molecule has 1 aromatic carbocycles. The average molecular weight is 350 g/mol. The van der Waals surface area contributed by atoms with Gasteiger partial charge in [-0.25, -0.2) is 9.78 Å². The number of hydrogen-bond acceptors (Lipinski definition) is 5. The van der Waals surface area contributed by atoms with Gasteiger partial charge in [0.05, 0.1) is 18.4 Å². The van der Waals surface area contributed by atoms with E-state index < -0.39 is 12.0 Å². The molecule has 0 saturated heterocycles. The number of amides is 1. The van der Waals surface area contributed by atoms with Crippen molar-refractivity contribution in [2.75, 3.05) is 12.0 Å². The Kier molecular flexibility index (Phi) is 3.72. The highest BCUT2D eigenvalue weighted by Crippen LogP contribution is 2.34. The third kappa shape index (κ3) is 2.35. The maximum absolute atomic E-state index is 13.3. The normalized spacial score (nSPS) is 16.0. The summed E-state index contributed by atoms with van der Waals surface area (Å²) >= 11 is 0. The molecule has 1 aliphatic heterocycles. The molecule has 0 aliphatic carbocycles. The molecule has 0 spiro atoms. The summed E-state index contributed by atoms with van der Waals surface area (Å²) in [5.41, 5.74) is 3.61. The standard InChI is InChI=1S/C19H18N4O3/c1-11-14-8-13(10-20-17(14)22(2)21-11)18(24)23-15-7-5-4-6-12(15)9-16(23)19(25)26-3/h4-8,10,16H,9H2,1-3H3/t16-/m1/s1. The van der Waals surface area contributed by atoms with Gasteiger partial charge in [-0.2, -0.15) is 5.10 Å². The maximum Gasteiger partial charge on any atom is 0.329 e. The largest absolute Gasteiger partial charge is 0.467 e. The fourth-order valence-electron chi connectivity index (χ4n) is 3.53. The van der Waals surface area contributed by atoms with Gasteiger partial charge in [-0.3, -0.25) is 14.4 Å². The van der Waals surface area contributed by atoms with Crippen LogP contribution in [0.1, 0.15) is 21.6 Å². The number of para-hydroxylation sites is 1. The molecule has 7 nitrogen and oxygen atoms in total. The van der Waals surface area contributed by atoms with Gasteiger partial charge >= 0.3 is 5.97 Å². The number of ether oxygens (including phenoxy) is 1. The topological polar surface area (TPSA) is 77.3 Å². The first-order chi connectivity index (χ1) is 12.5. The molecule has 2 aromatic heterocycles. The number of pyridine rings is 1. The summed E-state index contributed by atoms with van der Waals surface area (Å²) in [6, 6.07) is 8.63. The quantitative estimate of drug-likeness (QED) is 0.661. The van der Waals surface area contributed by atoms with Crippen LogP contribution >= 0.6 is 0 Å². The molecule has 0 unspecified atom stereocenters. The molecule has 1 atom stereocenters. The number of rotatable bonds is 2. The number of methoxy groups -OCH3 is 1. The summed E-state index contributed by atoms with van der Waals surface area (Å²) in [5.74, 6) is -0.704. The molecule has 0 saturated carbocycles. The molecule has 0 bridgehead atoms. The van der Waals surface area contributed by atoms with E-state index in [2.05, 4.69) is 10.1 Å². The van der Waals surface area contributed by atoms with Crippen molar-refractivity contribution >= 4 is 28.6 Å². The van der Waals surface area contributed by atoms with Crippen molar-refractivity contribution in [3.63, 3.8) is 0 Å². The summed E-state index contributed by atoms with van der Waals surface area (Å²) in [5, 5.41) is 5.16. The van der Waals surface area contributed by atoms with Gasteiger partial charge in [-0.15, -0.1) is 0 Å². The third-order valence-corrected chi connectivity index (χ3v) is 4.78. The number of nitrogens with zero attached hydrogens (tertiary/aromatic N) is 4. The zero-order valence-electron chi connectivity index (χ0n) is 14.8. The number of carbonyl (C=O) groups excluding carboxylic acids is 2. The average Bonchev–Trinajstić information content (AvgIpc) is 3.18. The Bertz CT molecular complexity index is 1040. The van der Waals surface area contributed by atoms with Crippen LogP contribution in [0.15, 0.2) is 36.5 Å². The first-order valence-corrected chi connectivity index (χ1v) is 8.30. The van der Waals surface area contributed by atoms with Crippen molar-refractivity contribution in [2.45, 2.75) is 19.4 Å². The maximum atomic E-state index is 13.3. The smallest absolute Gasteiger partial charge is 0.329 e. The first kappa shape index (κ1) is 16.3. The molecule has 0 N–H and O–H groups in total. The molecule has 1 aliphatic rings. The highest BCUT2D eigenvalue weighted by Gasteiger charge is 2.39. The van der Waals surface area contributed by atoms with Gasteiger partial charge in [-0.05, 0) is 24.6 Å². The predicted octanol–water partition coefficient (Wildman–Crippen LogP) is 2.02. The molecule has 26 heavy (non-hydrogen) atoms. The van der Waals surface area contributed by atoms with E-state index in [0.29, 0.717) is 17.6 Å². The number of anilines is 1. The fraction of sp³-hybridized carbons (Fsp3) is 0.263. The SMILES string of the molecule is COC(=O)[C@H]1Cc2ccccc2N1C(=O)c1cnc2c(c1)c(C)nn2C. The molecular weight excluding hydrogens is 332 g/mol. The Morgan fingerprint density at radius 3 is 2.81 bits per heavy atom. The number of hydrogen-bond donors (Lipinski definition) is 0. The summed E-state index contributed by atoms with van der Waals surface area (Å²) in [7, 11) is 3.15. The summed E-state index contributed by atoms with van der Waals surface area (Å²) in [6.45, 7) is 1.88. The van der Waals surface area contributed by atoms with Crippen LogP contribution in [-0.2, 0) is 23.0 Å². The molecule has 132 valence electrons. The minimum absolute atomic E-state index is 0.275. The van der Waals surface area contributed by atoms with Crippen LogP contribution < -0.4 is 4.90 Å². The van der Waals surface area contributed by atoms with Gasteiger partial charge in [0, 0.05) is 30.7 Å². The van der Waals surface area contributed by atoms with E-state index in [1.54, 1.807) is 10.7 Å². The number of carbonyl (C=O) groups is 2. The lowest BCUT2D eigenvalue weighted by molar-refractivity contribution is -0.141. The van der Waals surface area contributed by atoms with E-state index in [-0.39, 0.29) is 5.91 Å². The number of fused-ring (bicyclic) bond motifs is 2. The van der Waals surface area contributed by atoms with Crippen molar-refractivity contribution in [1.82, 2.24) is 14.8 Å². The number of esters is 1. The van der Waals surface area contributed by atoms with Crippen LogP contribution in [0, 0.1) is 6.92 Å². The van der Waals surface area contributed by atoms with Gasteiger partial charge < -0.3 is 4.74 Å². The minimum Gasteiger partial charge on any atom is -0.467 e. The summed E-state index contributed by atoms with van der Waals surface area (Å²) in [4.78, 5) is 31.4. The zero-order chi connectivity index (χ0) is 18.4. The molecule has 0 fully saturated rings. The van der Waals surface area contributed by atoms with E-state index in [0.717, 1.165) is 22.3 Å². The van der Waals surface area contributed by atoms with Gasteiger partial charge in [0.2, 0.25) is 0 Å². The Labute approximate surface area is 150 Å². The van der Waals surface area contributed by atoms with Crippen molar-refractivity contribution in [3.8, 4) is 0 Å². The van der Waals surface area contributed by atoms with Gasteiger partial charge in [0.25, 0.3) is 5.91 Å². The van der Waals surface area contributed by atoms with Gasteiger partial charge in [0.15, 0.2) is 5.65 Å². The monoisotopic (exact) mass is 350 g/mol. The highest BCUT2D eigenvalue weighted by atomic mass is 16.5. The van der Waals surface area contributed by atoms with Crippen LogP contribution in [0.4, 0.5) is 5.69 Å². The lowest BCUT2D eigenvalue weighted by atomic mass is 10.1. The number of aryl methyl sites for hydroxylation is 2. The molecule has 3 aromatic rings. The number of benzene rings is 1. The van der Waals surface area contributed by atoms with Crippen LogP contribution in [0.3, 0.4) is 0 Å². The van der Waals surface area contributed by atoms with E-state index in [1.165, 1.54) is 18.2 Å². The second-order valence-corrected chi connectivity index (χ2v) is 6.35. The molecule has 0 radical (unpaired) electrons. The van der Waals surface area contributed by atoms with E-state index in [9.17, 15) is 9.59 Å². The second kappa shape index (κ2) is 5.94. The lowest BCUT2D eigenvalue weighted by Crippen LogP contribution is -2.43. The molecule has 4 rings (SSSR count). The summed E-state index contributed by atoms with van der Waals surface area (Å²) in [6.07, 6.45) is 1.97. The third-order valence-electron chi connectivity index (χ3n) is 4.78. The Morgan fingerprint density at radius 1 is 1.27 bits per heavy atom. The Morgan fingerprint density at radius 2 is 2.04 bits per heavy atom. The first-order valence-electron chi connectivity index (χ1n) is 8.30. The van der Waals surface area contributed by atoms with Gasteiger partial charge in [0.1, 0.15) is 6.04 Å². The Balaban J connectivity index is 1.80. The molecular formula is C19H18N4O3. The Hall–Kier alpha value is -3.22. The van der Waals surface area contributed by atoms with E-state index >= 15 is 0 Å². The van der Waals surface area contributed by atoms with Crippen molar-refractivity contribution < 1.29 is 14.3 Å². The van der Waals surface area contributed by atoms with E-state index in [4.69, 9.17) is 4.74 Å². The van der Waals surface area contributed by atoms with Crippen LogP contribution in [0.25, 0.3) is 11.0 Å². The highest BCUT2D eigenvalue weighted by molar-refractivity contribution is 6.11. The van der Waals surface area contributed by atoms with Crippen LogP contribution in [-0.4, -0.2) is 39.8 Å². The summed E-state index contributed by atoms with van der Waals surface area (Å²) < 4.78 is 6.59. The lowest BCUT2D eigenvalue weighted by Gasteiger charge is -2.23. The van der Waals surface area contributed by atoms with Crippen LogP contribution in [0.2, 0.25) is 0 Å². The van der Waals surface area contributed by atoms with Crippen molar-refractivity contribution in [1.29, 1.82) is 0 Å². The van der Waals surface area contributed by atoms with E-state index in [1.807, 2.05) is 38.2 Å². The predicted molar refractivity (Wildman–Crippen MR) is 96.0 cm³/mol. The molecule has 3 heterocycles. The zero-order valence-corrected chi connectivity index (χ0v) is 14.8. The van der Waals surface area contributed by atoms with Crippen LogP contribution in [0.5, 0.6) is 0 Å².